The van der Waals surface area contributed by atoms with Crippen molar-refractivity contribution < 1.29 is 22.5 Å². The van der Waals surface area contributed by atoms with E-state index in [0.29, 0.717) is 48.1 Å². The molecular weight excluding hydrogens is 430 g/mol. The van der Waals surface area contributed by atoms with Crippen molar-refractivity contribution in [2.45, 2.75) is 11.4 Å². The van der Waals surface area contributed by atoms with Crippen molar-refractivity contribution in [3.63, 3.8) is 0 Å². The summed E-state index contributed by atoms with van der Waals surface area (Å²) in [6.07, 6.45) is 7.12. The molecule has 162 valence electrons. The molecular formula is C22H19N5O4S. The number of fused-ring (bicyclic) bond motifs is 2. The van der Waals surface area contributed by atoms with Gasteiger partial charge in [0.25, 0.3) is 0 Å². The van der Waals surface area contributed by atoms with Crippen LogP contribution in [0.5, 0.6) is 11.5 Å². The first-order valence-corrected chi connectivity index (χ1v) is 11.3. The number of hydrogen-bond acceptors (Lipinski definition) is 6. The Hall–Kier alpha value is -3.92. The van der Waals surface area contributed by atoms with E-state index in [4.69, 9.17) is 9.47 Å². The lowest BCUT2D eigenvalue weighted by Gasteiger charge is -2.21. The zero-order valence-electron chi connectivity index (χ0n) is 17.0. The van der Waals surface area contributed by atoms with Crippen LogP contribution in [0.4, 0.5) is 5.82 Å². The molecule has 2 aromatic carbocycles. The predicted molar refractivity (Wildman–Crippen MR) is 117 cm³/mol. The van der Waals surface area contributed by atoms with Crippen molar-refractivity contribution in [2.24, 2.45) is 0 Å². The van der Waals surface area contributed by atoms with E-state index in [1.54, 1.807) is 35.3 Å². The molecule has 0 atom stereocenters. The summed E-state index contributed by atoms with van der Waals surface area (Å²) < 4.78 is 44.9. The summed E-state index contributed by atoms with van der Waals surface area (Å²) in [5.41, 5.74) is 1.17. The van der Waals surface area contributed by atoms with E-state index in [9.17, 15) is 8.42 Å². The lowest BCUT2D eigenvalue weighted by atomic mass is 10.3. The third-order valence-electron chi connectivity index (χ3n) is 4.83. The van der Waals surface area contributed by atoms with Crippen LogP contribution < -0.4 is 14.0 Å². The molecule has 5 rings (SSSR count). The van der Waals surface area contributed by atoms with E-state index in [1.807, 2.05) is 29.0 Å². The Bertz CT molecular complexity index is 1430. The van der Waals surface area contributed by atoms with Gasteiger partial charge in [0.15, 0.2) is 11.5 Å². The van der Waals surface area contributed by atoms with Gasteiger partial charge in [-0.3, -0.25) is 0 Å². The molecule has 0 amide bonds. The fraction of sp³-hybridized carbons (Fsp3) is 0.136. The predicted octanol–water partition coefficient (Wildman–Crippen LogP) is 3.06. The quantitative estimate of drug-likeness (QED) is 0.331. The fourth-order valence-electron chi connectivity index (χ4n) is 3.34. The van der Waals surface area contributed by atoms with Crippen LogP contribution in [0.2, 0.25) is 0 Å². The van der Waals surface area contributed by atoms with E-state index in [0.717, 1.165) is 0 Å². The van der Waals surface area contributed by atoms with Crippen LogP contribution in [-0.2, 0) is 16.6 Å². The molecule has 0 saturated heterocycles. The number of ether oxygens (including phenoxy) is 2. The summed E-state index contributed by atoms with van der Waals surface area (Å²) in [6.45, 7) is 5.10. The van der Waals surface area contributed by atoms with Crippen LogP contribution in [0.25, 0.3) is 21.6 Å². The van der Waals surface area contributed by atoms with Gasteiger partial charge in [0.2, 0.25) is 22.2 Å². The maximum Gasteiger partial charge on any atom is 0.250 e. The molecule has 1 aliphatic heterocycles. The second kappa shape index (κ2) is 7.97. The largest absolute Gasteiger partial charge is 0.486 e. The number of allylic oxidation sites excluding steroid dienone is 1. The van der Waals surface area contributed by atoms with E-state index < -0.39 is 10.0 Å². The van der Waals surface area contributed by atoms with Crippen molar-refractivity contribution in [1.82, 2.24) is 14.5 Å². The average molecular weight is 449 g/mol. The van der Waals surface area contributed by atoms with Crippen LogP contribution in [0.15, 0.2) is 78.7 Å². The minimum Gasteiger partial charge on any atom is -0.486 e. The van der Waals surface area contributed by atoms with E-state index in [-0.39, 0.29) is 10.7 Å². The van der Waals surface area contributed by atoms with E-state index >= 15 is 0 Å². The summed E-state index contributed by atoms with van der Waals surface area (Å²) in [5.74, 6) is 1.15. The molecule has 0 aliphatic carbocycles. The molecule has 0 saturated carbocycles. The van der Waals surface area contributed by atoms with Gasteiger partial charge in [0, 0.05) is 11.9 Å². The molecule has 0 unspecified atom stereocenters. The van der Waals surface area contributed by atoms with E-state index in [1.165, 1.54) is 12.1 Å². The fourth-order valence-corrected chi connectivity index (χ4v) is 4.29. The van der Waals surface area contributed by atoms with Crippen molar-refractivity contribution in [1.29, 1.82) is 0 Å². The minimum atomic E-state index is -4.10. The normalized spacial score (nSPS) is 13.1. The summed E-state index contributed by atoms with van der Waals surface area (Å²) in [4.78, 5) is 9.10. The van der Waals surface area contributed by atoms with E-state index in [2.05, 4.69) is 21.3 Å². The van der Waals surface area contributed by atoms with Gasteiger partial charge in [-0.2, -0.15) is 4.57 Å². The highest BCUT2D eigenvalue weighted by Gasteiger charge is 2.20. The van der Waals surface area contributed by atoms with Gasteiger partial charge >= 0.3 is 0 Å². The Labute approximate surface area is 184 Å². The van der Waals surface area contributed by atoms with Crippen LogP contribution in [0.3, 0.4) is 0 Å². The molecule has 0 N–H and O–H groups in total. The monoisotopic (exact) mass is 449 g/mol. The van der Waals surface area contributed by atoms with Gasteiger partial charge in [-0.15, -0.1) is 0 Å². The Morgan fingerprint density at radius 1 is 1.09 bits per heavy atom. The van der Waals surface area contributed by atoms with Crippen LogP contribution in [-0.4, -0.2) is 36.2 Å². The van der Waals surface area contributed by atoms with Crippen LogP contribution >= 0.6 is 0 Å². The highest BCUT2D eigenvalue weighted by Crippen LogP contribution is 2.36. The number of aromatic nitrogens is 4. The summed E-state index contributed by atoms with van der Waals surface area (Å²) >= 11 is 0. The maximum absolute atomic E-state index is 13.2. The summed E-state index contributed by atoms with van der Waals surface area (Å²) in [6, 6.07) is 11.6. The molecule has 9 nitrogen and oxygen atoms in total. The second-order valence-electron chi connectivity index (χ2n) is 7.04. The van der Waals surface area contributed by atoms with Crippen molar-refractivity contribution in [3.8, 4) is 17.3 Å². The van der Waals surface area contributed by atoms with Gasteiger partial charge in [0.05, 0.1) is 10.4 Å². The molecule has 0 fully saturated rings. The zero-order chi connectivity index (χ0) is 22.1. The van der Waals surface area contributed by atoms with Crippen LogP contribution in [0.1, 0.15) is 0 Å². The number of rotatable bonds is 6. The van der Waals surface area contributed by atoms with Gasteiger partial charge in [-0.05, 0) is 23.7 Å². The first-order valence-electron chi connectivity index (χ1n) is 9.86. The number of para-hydroxylation sites is 2. The first kappa shape index (κ1) is 20.0. The van der Waals surface area contributed by atoms with Crippen LogP contribution in [0, 0.1) is 0 Å². The molecule has 3 heterocycles. The van der Waals surface area contributed by atoms with Crippen molar-refractivity contribution in [2.75, 3.05) is 13.2 Å². The zero-order valence-corrected chi connectivity index (χ0v) is 17.8. The summed E-state index contributed by atoms with van der Waals surface area (Å²) in [5, 5.41) is 0. The highest BCUT2D eigenvalue weighted by molar-refractivity contribution is 7.94. The smallest absolute Gasteiger partial charge is 0.250 e. The number of nitrogens with zero attached hydrogens (tertiary/aromatic N) is 5. The highest BCUT2D eigenvalue weighted by atomic mass is 32.2. The Kier molecular flexibility index (Phi) is 4.98. The third kappa shape index (κ3) is 3.76. The van der Waals surface area contributed by atoms with Crippen molar-refractivity contribution >= 4 is 26.9 Å². The van der Waals surface area contributed by atoms with Crippen molar-refractivity contribution in [3.05, 3.63) is 78.6 Å². The Morgan fingerprint density at radius 3 is 2.62 bits per heavy atom. The van der Waals surface area contributed by atoms with Gasteiger partial charge in [-0.25, -0.2) is 18.0 Å². The lowest BCUT2D eigenvalue weighted by molar-refractivity contribution is -0.686. The maximum atomic E-state index is 13.2. The molecule has 32 heavy (non-hydrogen) atoms. The molecule has 10 heteroatoms. The molecule has 0 bridgehead atoms. The molecule has 1 aliphatic rings. The minimum absolute atomic E-state index is 0.0139. The number of imidazole rings is 1. The number of hydrogen-bond donors (Lipinski definition) is 0. The average Bonchev–Trinajstić information content (AvgIpc) is 3.27. The van der Waals surface area contributed by atoms with Gasteiger partial charge in [0.1, 0.15) is 32.2 Å². The SMILES string of the molecule is C=CC[n+]1ccn(-c2nc3ccccc3nc2[N-]S(=O)(=O)c2ccc3c(c2)OCCO3)c1. The Balaban J connectivity index is 1.58. The molecule has 4 aromatic rings. The standard InChI is InChI=1S/C22H19N5O4S/c1-2-9-26-10-11-27(15-26)22-21(23-17-5-3-4-6-18(17)24-22)25-32(28,29)16-7-8-19-20(14-16)31-13-12-30-19/h2-8,10-11,14-15H,1,9,12-13H2. The molecule has 2 aromatic heterocycles. The Morgan fingerprint density at radius 2 is 1.84 bits per heavy atom. The first-order chi connectivity index (χ1) is 15.5. The third-order valence-corrected chi connectivity index (χ3v) is 6.09. The summed E-state index contributed by atoms with van der Waals surface area (Å²) in [7, 11) is -4.10. The second-order valence-corrected chi connectivity index (χ2v) is 8.64. The lowest BCUT2D eigenvalue weighted by Crippen LogP contribution is -2.29. The number of sulfonamides is 1. The number of benzene rings is 2. The molecule has 0 spiro atoms. The molecule has 0 radical (unpaired) electrons. The van der Waals surface area contributed by atoms with Gasteiger partial charge in [-0.1, -0.05) is 30.9 Å². The van der Waals surface area contributed by atoms with Gasteiger partial charge < -0.3 is 19.2 Å². The topological polar surface area (TPSA) is 101 Å².